The lowest BCUT2D eigenvalue weighted by molar-refractivity contribution is -0.170. The number of fused-ring (bicyclic) bond motifs is 6. The van der Waals surface area contributed by atoms with E-state index in [1.807, 2.05) is 19.1 Å². The molecule has 9 heteroatoms. The van der Waals surface area contributed by atoms with Gasteiger partial charge in [-0.2, -0.15) is 0 Å². The summed E-state index contributed by atoms with van der Waals surface area (Å²) in [5.74, 6) is 1.21. The van der Waals surface area contributed by atoms with E-state index < -0.39 is 29.4 Å². The zero-order valence-electron chi connectivity index (χ0n) is 24.5. The maximum atomic E-state index is 13.4. The maximum absolute atomic E-state index is 13.4. The van der Waals surface area contributed by atoms with Crippen LogP contribution in [0.4, 0.5) is 0 Å². The average Bonchev–Trinajstić information content (AvgIpc) is 3.56. The minimum absolute atomic E-state index is 0.0230. The molecule has 0 aromatic heterocycles. The second-order valence-electron chi connectivity index (χ2n) is 13.4. The highest BCUT2D eigenvalue weighted by atomic mass is 16.7. The van der Waals surface area contributed by atoms with Gasteiger partial charge in [-0.05, 0) is 91.9 Å². The summed E-state index contributed by atoms with van der Waals surface area (Å²) in [5.41, 5.74) is 0.0505. The lowest BCUT2D eigenvalue weighted by Gasteiger charge is -2.58. The molecule has 0 unspecified atom stereocenters. The average molecular weight is 580 g/mol. The second-order valence-corrected chi connectivity index (χ2v) is 13.4. The topological polar surface area (TPSA) is 128 Å². The van der Waals surface area contributed by atoms with Crippen molar-refractivity contribution in [2.45, 2.75) is 90.2 Å². The molecular formula is C33H41NO8. The van der Waals surface area contributed by atoms with Crippen LogP contribution in [0, 0.1) is 28.6 Å². The number of carbonyl (C=O) groups excluding carboxylic acids is 4. The second kappa shape index (κ2) is 10.8. The van der Waals surface area contributed by atoms with Gasteiger partial charge in [0.15, 0.2) is 23.9 Å². The summed E-state index contributed by atoms with van der Waals surface area (Å²) in [4.78, 5) is 50.2. The van der Waals surface area contributed by atoms with Gasteiger partial charge in [-0.1, -0.05) is 25.5 Å². The quantitative estimate of drug-likeness (QED) is 0.439. The molecule has 2 N–H and O–H groups in total. The Balaban J connectivity index is 0.998. The van der Waals surface area contributed by atoms with E-state index in [0.29, 0.717) is 36.2 Å². The summed E-state index contributed by atoms with van der Waals surface area (Å²) in [6.45, 7) is 4.33. The zero-order valence-corrected chi connectivity index (χ0v) is 24.5. The number of ether oxygens (including phenoxy) is 3. The van der Waals surface area contributed by atoms with Crippen molar-refractivity contribution in [1.29, 1.82) is 0 Å². The molecule has 0 spiro atoms. The molecule has 42 heavy (non-hydrogen) atoms. The molecule has 6 rings (SSSR count). The van der Waals surface area contributed by atoms with E-state index in [9.17, 15) is 24.3 Å². The Kier molecular flexibility index (Phi) is 7.44. The molecule has 0 bridgehead atoms. The molecule has 9 nitrogen and oxygen atoms in total. The van der Waals surface area contributed by atoms with Crippen molar-refractivity contribution in [3.05, 3.63) is 35.4 Å². The molecule has 1 amide bonds. The molecule has 3 saturated carbocycles. The standard InChI is InChI=1S/C33H41NO8/c1-31-12-9-22(35)16-21(31)4-5-23-24(31)10-13-32(2)25(23)11-14-33(32,39)28(36)18-40-30(38)8-7-29(37)34-17-20-3-6-26-27(15-20)42-19-41-26/h3,6,15-16,23-25,39H,4-5,7-14,17-19H2,1-2H3,(H,34,37)/t23-,24-,25+,31+,32+,33+/m1/s1. The van der Waals surface area contributed by atoms with E-state index in [1.165, 1.54) is 5.57 Å². The van der Waals surface area contributed by atoms with Crippen molar-refractivity contribution in [1.82, 2.24) is 5.32 Å². The van der Waals surface area contributed by atoms with Gasteiger partial charge in [0.2, 0.25) is 18.5 Å². The fourth-order valence-corrected chi connectivity index (χ4v) is 8.93. The number of Topliss-reactive ketones (excluding diaryl/α,β-unsaturated/α-hetero) is 1. The predicted octanol–water partition coefficient (Wildman–Crippen LogP) is 4.19. The number of benzene rings is 1. The van der Waals surface area contributed by atoms with Crippen LogP contribution in [0.2, 0.25) is 0 Å². The first kappa shape index (κ1) is 28.9. The molecule has 6 atom stereocenters. The minimum atomic E-state index is -1.54. The number of ketones is 2. The van der Waals surface area contributed by atoms with Crippen molar-refractivity contribution in [2.24, 2.45) is 28.6 Å². The van der Waals surface area contributed by atoms with Crippen LogP contribution in [0.25, 0.3) is 0 Å². The Hall–Kier alpha value is -3.20. The van der Waals surface area contributed by atoms with E-state index in [1.54, 1.807) is 12.1 Å². The number of hydrogen-bond acceptors (Lipinski definition) is 8. The third kappa shape index (κ3) is 4.83. The fourth-order valence-electron chi connectivity index (χ4n) is 8.93. The Bertz CT molecular complexity index is 1340. The highest BCUT2D eigenvalue weighted by Gasteiger charge is 2.66. The first-order valence-electron chi connectivity index (χ1n) is 15.3. The summed E-state index contributed by atoms with van der Waals surface area (Å²) in [6.07, 6.45) is 7.83. The van der Waals surface area contributed by atoms with Crippen molar-refractivity contribution < 1.29 is 38.5 Å². The molecule has 4 aliphatic carbocycles. The van der Waals surface area contributed by atoms with Gasteiger partial charge in [-0.15, -0.1) is 0 Å². The van der Waals surface area contributed by atoms with Gasteiger partial charge in [-0.3, -0.25) is 19.2 Å². The van der Waals surface area contributed by atoms with Crippen LogP contribution in [0.3, 0.4) is 0 Å². The summed E-state index contributed by atoms with van der Waals surface area (Å²) in [7, 11) is 0. The van der Waals surface area contributed by atoms with Gasteiger partial charge in [0.05, 0.1) is 6.42 Å². The Morgan fingerprint density at radius 3 is 2.62 bits per heavy atom. The van der Waals surface area contributed by atoms with Gasteiger partial charge in [0, 0.05) is 24.8 Å². The van der Waals surface area contributed by atoms with Gasteiger partial charge in [0.25, 0.3) is 0 Å². The number of carbonyl (C=O) groups is 4. The minimum Gasteiger partial charge on any atom is -0.458 e. The molecular weight excluding hydrogens is 538 g/mol. The first-order valence-corrected chi connectivity index (χ1v) is 15.3. The number of nitrogens with one attached hydrogen (secondary N) is 1. The van der Waals surface area contributed by atoms with Crippen LogP contribution in [0.1, 0.15) is 83.6 Å². The molecule has 226 valence electrons. The molecule has 0 radical (unpaired) electrons. The van der Waals surface area contributed by atoms with Crippen LogP contribution < -0.4 is 14.8 Å². The van der Waals surface area contributed by atoms with Gasteiger partial charge in [0.1, 0.15) is 5.60 Å². The monoisotopic (exact) mass is 579 g/mol. The first-order chi connectivity index (χ1) is 20.0. The molecule has 3 fully saturated rings. The number of allylic oxidation sites excluding steroid dienone is 1. The van der Waals surface area contributed by atoms with Crippen LogP contribution in [-0.2, 0) is 30.5 Å². The Labute approximate surface area is 246 Å². The highest BCUT2D eigenvalue weighted by Crippen LogP contribution is 2.67. The van der Waals surface area contributed by atoms with Crippen molar-refractivity contribution in [3.8, 4) is 11.5 Å². The lowest BCUT2D eigenvalue weighted by Crippen LogP contribution is -2.58. The zero-order chi connectivity index (χ0) is 29.7. The number of aliphatic hydroxyl groups is 1. The lowest BCUT2D eigenvalue weighted by atomic mass is 9.46. The van der Waals surface area contributed by atoms with Gasteiger partial charge >= 0.3 is 5.97 Å². The molecule has 1 aliphatic heterocycles. The number of amides is 1. The smallest absolute Gasteiger partial charge is 0.306 e. The third-order valence-corrected chi connectivity index (χ3v) is 11.4. The molecule has 0 saturated heterocycles. The summed E-state index contributed by atoms with van der Waals surface area (Å²) in [6, 6.07) is 5.42. The van der Waals surface area contributed by atoms with Crippen molar-refractivity contribution in [2.75, 3.05) is 13.4 Å². The Morgan fingerprint density at radius 2 is 1.79 bits per heavy atom. The van der Waals surface area contributed by atoms with Gasteiger partial charge < -0.3 is 24.6 Å². The highest BCUT2D eigenvalue weighted by molar-refractivity contribution is 5.92. The molecule has 1 heterocycles. The van der Waals surface area contributed by atoms with Crippen LogP contribution >= 0.6 is 0 Å². The van der Waals surface area contributed by atoms with Crippen molar-refractivity contribution >= 4 is 23.4 Å². The molecule has 1 aromatic rings. The Morgan fingerprint density at radius 1 is 1.00 bits per heavy atom. The van der Waals surface area contributed by atoms with E-state index in [4.69, 9.17) is 14.2 Å². The summed E-state index contributed by atoms with van der Waals surface area (Å²) < 4.78 is 15.9. The van der Waals surface area contributed by atoms with Crippen molar-refractivity contribution in [3.63, 3.8) is 0 Å². The largest absolute Gasteiger partial charge is 0.458 e. The normalized spacial score (nSPS) is 34.5. The van der Waals surface area contributed by atoms with E-state index >= 15 is 0 Å². The summed E-state index contributed by atoms with van der Waals surface area (Å²) >= 11 is 0. The number of rotatable bonds is 8. The number of esters is 1. The van der Waals surface area contributed by atoms with E-state index in [0.717, 1.165) is 44.1 Å². The van der Waals surface area contributed by atoms with E-state index in [-0.39, 0.29) is 49.2 Å². The van der Waals surface area contributed by atoms with E-state index in [2.05, 4.69) is 12.2 Å². The predicted molar refractivity (Wildman–Crippen MR) is 151 cm³/mol. The fraction of sp³-hybridized carbons (Fsp3) is 0.636. The number of hydrogen-bond donors (Lipinski definition) is 2. The molecule has 5 aliphatic rings. The van der Waals surface area contributed by atoms with Crippen LogP contribution in [0.15, 0.2) is 29.8 Å². The van der Waals surface area contributed by atoms with Gasteiger partial charge in [-0.25, -0.2) is 0 Å². The SMILES string of the molecule is C[C@]12CCC(=O)C=C1CC[C@@H]1[C@H]2CC[C@@]2(C)[C@H]1CC[C@]2(O)C(=O)COC(=O)CCC(=O)NCc1ccc2c(c1)OCO2. The van der Waals surface area contributed by atoms with Crippen LogP contribution in [-0.4, -0.2) is 47.6 Å². The van der Waals surface area contributed by atoms with Crippen LogP contribution in [0.5, 0.6) is 11.5 Å². The third-order valence-electron chi connectivity index (χ3n) is 11.4. The maximum Gasteiger partial charge on any atom is 0.306 e. The molecule has 1 aromatic carbocycles. The summed E-state index contributed by atoms with van der Waals surface area (Å²) in [5, 5.41) is 14.6.